The number of likely N-dealkylation sites (N-methyl/N-ethyl adjacent to an activating group) is 1. The number of quaternary nitrogens is 2. The standard InChI is InChI=1S/C17H21N5O/c1-2-21-7-9-22(10-8-21)12-16(23)13(11-18)17-19-14-5-3-4-6-15(14)20-17/h3-6,23H,2,7-10,12H2,1H3,(H,19,20)/p+2. The molecule has 2 aromatic rings. The Kier molecular flexibility index (Phi) is 4.60. The van der Waals surface area contributed by atoms with E-state index in [2.05, 4.69) is 23.0 Å². The molecule has 0 spiro atoms. The second-order valence-corrected chi connectivity index (χ2v) is 6.07. The summed E-state index contributed by atoms with van der Waals surface area (Å²) in [6.45, 7) is 8.11. The lowest BCUT2D eigenvalue weighted by molar-refractivity contribution is -1.01. The van der Waals surface area contributed by atoms with Crippen molar-refractivity contribution in [1.29, 1.82) is 5.26 Å². The Balaban J connectivity index is 1.78. The number of aliphatic hydroxyl groups excluding tert-OH is 1. The highest BCUT2D eigenvalue weighted by Crippen LogP contribution is 2.17. The predicted molar refractivity (Wildman–Crippen MR) is 88.1 cm³/mol. The van der Waals surface area contributed by atoms with Crippen LogP contribution in [0.4, 0.5) is 0 Å². The molecule has 0 amide bonds. The molecule has 4 N–H and O–H groups in total. The monoisotopic (exact) mass is 313 g/mol. The average Bonchev–Trinajstić information content (AvgIpc) is 2.99. The Morgan fingerprint density at radius 2 is 1.96 bits per heavy atom. The van der Waals surface area contributed by atoms with Gasteiger partial charge in [-0.05, 0) is 19.1 Å². The molecule has 0 radical (unpaired) electrons. The number of allylic oxidation sites excluding steroid dienone is 1. The smallest absolute Gasteiger partial charge is 0.169 e. The number of hydrogen-bond donors (Lipinski definition) is 4. The zero-order valence-electron chi connectivity index (χ0n) is 13.4. The number of benzene rings is 1. The minimum Gasteiger partial charge on any atom is -0.506 e. The van der Waals surface area contributed by atoms with E-state index in [-0.39, 0.29) is 11.3 Å². The van der Waals surface area contributed by atoms with Crippen molar-refractivity contribution in [3.8, 4) is 6.07 Å². The number of piperazine rings is 1. The minimum atomic E-state index is 0.126. The van der Waals surface area contributed by atoms with E-state index >= 15 is 0 Å². The third kappa shape index (κ3) is 3.36. The first-order valence-corrected chi connectivity index (χ1v) is 8.15. The number of nitrogens with zero attached hydrogens (tertiary/aromatic N) is 2. The van der Waals surface area contributed by atoms with Gasteiger partial charge in [0.05, 0.1) is 17.6 Å². The summed E-state index contributed by atoms with van der Waals surface area (Å²) in [4.78, 5) is 10.5. The van der Waals surface area contributed by atoms with E-state index in [4.69, 9.17) is 0 Å². The molecular weight excluding hydrogens is 290 g/mol. The van der Waals surface area contributed by atoms with E-state index < -0.39 is 0 Å². The van der Waals surface area contributed by atoms with Gasteiger partial charge in [0.15, 0.2) is 11.6 Å². The fourth-order valence-electron chi connectivity index (χ4n) is 3.14. The summed E-state index contributed by atoms with van der Waals surface area (Å²) in [6, 6.07) is 9.73. The van der Waals surface area contributed by atoms with E-state index in [0.717, 1.165) is 43.8 Å². The molecule has 0 aliphatic carbocycles. The van der Waals surface area contributed by atoms with Crippen LogP contribution in [0.2, 0.25) is 0 Å². The maximum atomic E-state index is 10.4. The quantitative estimate of drug-likeness (QED) is 0.439. The zero-order valence-corrected chi connectivity index (χ0v) is 13.4. The van der Waals surface area contributed by atoms with Crippen LogP contribution >= 0.6 is 0 Å². The molecule has 3 rings (SSSR count). The maximum absolute atomic E-state index is 10.4. The first-order valence-electron chi connectivity index (χ1n) is 8.15. The Morgan fingerprint density at radius 1 is 1.26 bits per heavy atom. The molecule has 1 aromatic heterocycles. The third-order valence-electron chi connectivity index (χ3n) is 4.61. The SMILES string of the molecule is CC[NH+]1CC[NH+](CC(O)=C(C#N)c2nc3ccccc3[nH]2)CC1. The average molecular weight is 313 g/mol. The predicted octanol–water partition coefficient (Wildman–Crippen LogP) is -0.841. The minimum absolute atomic E-state index is 0.126. The molecule has 0 bridgehead atoms. The van der Waals surface area contributed by atoms with Gasteiger partial charge in [-0.1, -0.05) is 12.1 Å². The number of hydrogen-bond acceptors (Lipinski definition) is 3. The highest BCUT2D eigenvalue weighted by atomic mass is 16.3. The summed E-state index contributed by atoms with van der Waals surface area (Å²) in [6.07, 6.45) is 0. The van der Waals surface area contributed by atoms with E-state index in [1.54, 1.807) is 4.90 Å². The van der Waals surface area contributed by atoms with Crippen molar-refractivity contribution >= 4 is 16.6 Å². The van der Waals surface area contributed by atoms with Crippen LogP contribution in [-0.4, -0.2) is 54.3 Å². The second kappa shape index (κ2) is 6.82. The summed E-state index contributed by atoms with van der Waals surface area (Å²) in [5, 5.41) is 19.9. The number of nitriles is 1. The molecule has 120 valence electrons. The molecular formula is C17H23N5O+2. The van der Waals surface area contributed by atoms with E-state index in [9.17, 15) is 10.4 Å². The number of rotatable bonds is 4. The summed E-state index contributed by atoms with van der Waals surface area (Å²) < 4.78 is 0. The van der Waals surface area contributed by atoms with E-state index in [1.807, 2.05) is 24.3 Å². The van der Waals surface area contributed by atoms with Gasteiger partial charge in [-0.25, -0.2) is 4.98 Å². The van der Waals surface area contributed by atoms with Gasteiger partial charge in [-0.3, -0.25) is 0 Å². The van der Waals surface area contributed by atoms with Crippen molar-refractivity contribution in [1.82, 2.24) is 9.97 Å². The lowest BCUT2D eigenvalue weighted by Crippen LogP contribution is -3.28. The summed E-state index contributed by atoms with van der Waals surface area (Å²) >= 11 is 0. The number of imidazole rings is 1. The lowest BCUT2D eigenvalue weighted by atomic mass is 10.2. The van der Waals surface area contributed by atoms with Gasteiger partial charge in [0.2, 0.25) is 0 Å². The normalized spacial score (nSPS) is 22.6. The molecule has 0 atom stereocenters. The van der Waals surface area contributed by atoms with Crippen LogP contribution in [0.15, 0.2) is 30.0 Å². The highest BCUT2D eigenvalue weighted by molar-refractivity contribution is 5.82. The number of aromatic amines is 1. The van der Waals surface area contributed by atoms with Crippen molar-refractivity contribution < 1.29 is 14.9 Å². The van der Waals surface area contributed by atoms with E-state index in [0.29, 0.717) is 12.4 Å². The Hall–Kier alpha value is -2.36. The Morgan fingerprint density at radius 3 is 2.61 bits per heavy atom. The fraction of sp³-hybridized carbons (Fsp3) is 0.412. The van der Waals surface area contributed by atoms with Crippen molar-refractivity contribution in [2.24, 2.45) is 0 Å². The summed E-state index contributed by atoms with van der Waals surface area (Å²) in [7, 11) is 0. The molecule has 23 heavy (non-hydrogen) atoms. The van der Waals surface area contributed by atoms with Crippen molar-refractivity contribution in [2.75, 3.05) is 39.3 Å². The molecule has 6 nitrogen and oxygen atoms in total. The molecule has 0 unspecified atom stereocenters. The van der Waals surface area contributed by atoms with Crippen LogP contribution < -0.4 is 9.80 Å². The van der Waals surface area contributed by atoms with Crippen LogP contribution in [0.1, 0.15) is 12.7 Å². The first kappa shape index (κ1) is 15.5. The van der Waals surface area contributed by atoms with Crippen LogP contribution in [0.25, 0.3) is 16.6 Å². The summed E-state index contributed by atoms with van der Waals surface area (Å²) in [5.41, 5.74) is 1.92. The number of aliphatic hydroxyl groups is 1. The van der Waals surface area contributed by atoms with Gasteiger partial charge >= 0.3 is 0 Å². The number of H-pyrrole nitrogens is 1. The molecule has 2 heterocycles. The Labute approximate surface area is 135 Å². The highest BCUT2D eigenvalue weighted by Gasteiger charge is 2.24. The zero-order chi connectivity index (χ0) is 16.2. The molecule has 6 heteroatoms. The van der Waals surface area contributed by atoms with Crippen molar-refractivity contribution in [3.63, 3.8) is 0 Å². The second-order valence-electron chi connectivity index (χ2n) is 6.07. The van der Waals surface area contributed by atoms with Crippen molar-refractivity contribution in [3.05, 3.63) is 35.8 Å². The van der Waals surface area contributed by atoms with Gasteiger partial charge < -0.3 is 19.9 Å². The van der Waals surface area contributed by atoms with Gasteiger partial charge in [0.1, 0.15) is 44.4 Å². The third-order valence-corrected chi connectivity index (χ3v) is 4.61. The fourth-order valence-corrected chi connectivity index (χ4v) is 3.14. The number of fused-ring (bicyclic) bond motifs is 1. The maximum Gasteiger partial charge on any atom is 0.169 e. The van der Waals surface area contributed by atoms with Crippen LogP contribution in [0.5, 0.6) is 0 Å². The molecule has 0 saturated carbocycles. The molecule has 1 aliphatic heterocycles. The molecule has 1 aromatic carbocycles. The first-order chi connectivity index (χ1) is 11.2. The van der Waals surface area contributed by atoms with Gasteiger partial charge in [0.25, 0.3) is 0 Å². The number of para-hydroxylation sites is 2. The van der Waals surface area contributed by atoms with Gasteiger partial charge in [-0.2, -0.15) is 5.26 Å². The number of nitrogens with one attached hydrogen (secondary N) is 3. The van der Waals surface area contributed by atoms with Gasteiger partial charge in [-0.15, -0.1) is 0 Å². The van der Waals surface area contributed by atoms with Crippen LogP contribution in [-0.2, 0) is 0 Å². The van der Waals surface area contributed by atoms with E-state index in [1.165, 1.54) is 4.90 Å². The van der Waals surface area contributed by atoms with Crippen LogP contribution in [0, 0.1) is 11.3 Å². The largest absolute Gasteiger partial charge is 0.506 e. The topological polar surface area (TPSA) is 81.6 Å². The van der Waals surface area contributed by atoms with Crippen molar-refractivity contribution in [2.45, 2.75) is 6.92 Å². The summed E-state index contributed by atoms with van der Waals surface area (Å²) in [5.74, 6) is 0.574. The number of aromatic nitrogens is 2. The Bertz CT molecular complexity index is 717. The van der Waals surface area contributed by atoms with Gasteiger partial charge in [0, 0.05) is 0 Å². The lowest BCUT2D eigenvalue weighted by Gasteiger charge is -2.28. The van der Waals surface area contributed by atoms with Crippen LogP contribution in [0.3, 0.4) is 0 Å². The molecule has 1 saturated heterocycles. The molecule has 1 aliphatic rings. The molecule has 1 fully saturated rings.